The first-order chi connectivity index (χ1) is 14.4. The van der Waals surface area contributed by atoms with Gasteiger partial charge >= 0.3 is 6.36 Å². The van der Waals surface area contributed by atoms with Crippen LogP contribution in [0.2, 0.25) is 0 Å². The molecule has 5 heteroatoms. The summed E-state index contributed by atoms with van der Waals surface area (Å²) in [6.07, 6.45) is -4.72. The molecule has 4 aromatic rings. The van der Waals surface area contributed by atoms with Crippen LogP contribution >= 0.6 is 0 Å². The van der Waals surface area contributed by atoms with E-state index in [0.717, 1.165) is 27.5 Å². The summed E-state index contributed by atoms with van der Waals surface area (Å²) in [7, 11) is 0. The van der Waals surface area contributed by atoms with Gasteiger partial charge in [-0.3, -0.25) is 0 Å². The molecule has 0 spiro atoms. The highest BCUT2D eigenvalue weighted by Gasteiger charge is 2.31. The third-order valence-electron chi connectivity index (χ3n) is 4.85. The Labute approximate surface area is 172 Å². The molecule has 4 aromatic carbocycles. The van der Waals surface area contributed by atoms with E-state index >= 15 is 0 Å². The maximum atomic E-state index is 12.5. The van der Waals surface area contributed by atoms with Gasteiger partial charge in [0.1, 0.15) is 18.1 Å². The molecule has 0 saturated heterocycles. The monoisotopic (exact) mass is 408 g/mol. The van der Waals surface area contributed by atoms with Gasteiger partial charge in [0.15, 0.2) is 0 Å². The summed E-state index contributed by atoms with van der Waals surface area (Å²) in [5, 5.41) is 2.27. The Hall–Kier alpha value is -3.47. The first-order valence-electron chi connectivity index (χ1n) is 9.45. The number of aryl methyl sites for hydroxylation is 1. The average molecular weight is 408 g/mol. The summed E-state index contributed by atoms with van der Waals surface area (Å²) < 4.78 is 47.7. The fraction of sp³-hybridized carbons (Fsp3) is 0.120. The number of hydrogen-bond donors (Lipinski definition) is 0. The lowest BCUT2D eigenvalue weighted by molar-refractivity contribution is -0.274. The Morgan fingerprint density at radius 2 is 1.50 bits per heavy atom. The summed E-state index contributed by atoms with van der Waals surface area (Å²) in [4.78, 5) is 0. The van der Waals surface area contributed by atoms with Crippen LogP contribution in [0, 0.1) is 6.92 Å². The van der Waals surface area contributed by atoms with E-state index in [0.29, 0.717) is 17.9 Å². The largest absolute Gasteiger partial charge is 0.573 e. The molecule has 0 atom stereocenters. The number of hydrogen-bond acceptors (Lipinski definition) is 2. The zero-order chi connectivity index (χ0) is 21.1. The van der Waals surface area contributed by atoms with E-state index in [9.17, 15) is 13.2 Å². The molecule has 0 aliphatic rings. The van der Waals surface area contributed by atoms with Crippen LogP contribution in [-0.2, 0) is 6.61 Å². The molecule has 0 radical (unpaired) electrons. The molecule has 0 bridgehead atoms. The molecule has 0 aliphatic carbocycles. The van der Waals surface area contributed by atoms with Crippen molar-refractivity contribution in [1.82, 2.24) is 0 Å². The molecule has 0 amide bonds. The highest BCUT2D eigenvalue weighted by atomic mass is 19.4. The van der Waals surface area contributed by atoms with Gasteiger partial charge in [-0.2, -0.15) is 0 Å². The first kappa shape index (κ1) is 19.8. The molecule has 0 heterocycles. The van der Waals surface area contributed by atoms with Gasteiger partial charge in [-0.15, -0.1) is 13.2 Å². The fourth-order valence-electron chi connectivity index (χ4n) is 3.38. The first-order valence-corrected chi connectivity index (χ1v) is 9.45. The number of fused-ring (bicyclic) bond motifs is 1. The van der Waals surface area contributed by atoms with E-state index in [1.54, 1.807) is 6.07 Å². The van der Waals surface area contributed by atoms with Gasteiger partial charge in [0.25, 0.3) is 0 Å². The minimum Gasteiger partial charge on any atom is -0.489 e. The third kappa shape index (κ3) is 4.57. The minimum atomic E-state index is -4.72. The fourth-order valence-corrected chi connectivity index (χ4v) is 3.38. The number of halogens is 3. The summed E-state index contributed by atoms with van der Waals surface area (Å²) in [6, 6.07) is 25.7. The standard InChI is InChI=1S/C25H19F3O2/c1-17-12-13-20(19-8-5-10-22(14-19)30-25(26,27)28)15-24(17)29-16-21-9-4-7-18-6-2-3-11-23(18)21/h2-15H,16H2,1H3. The molecule has 30 heavy (non-hydrogen) atoms. The van der Waals surface area contributed by atoms with Gasteiger partial charge in [-0.1, -0.05) is 66.7 Å². The second-order valence-corrected chi connectivity index (χ2v) is 6.98. The van der Waals surface area contributed by atoms with Crippen molar-refractivity contribution < 1.29 is 22.6 Å². The number of ether oxygens (including phenoxy) is 2. The van der Waals surface area contributed by atoms with Crippen LogP contribution < -0.4 is 9.47 Å². The molecule has 0 fully saturated rings. The SMILES string of the molecule is Cc1ccc(-c2cccc(OC(F)(F)F)c2)cc1OCc1cccc2ccccc12. The van der Waals surface area contributed by atoms with Gasteiger partial charge in [0.05, 0.1) is 0 Å². The lowest BCUT2D eigenvalue weighted by Gasteiger charge is -2.14. The smallest absolute Gasteiger partial charge is 0.489 e. The Morgan fingerprint density at radius 1 is 0.767 bits per heavy atom. The highest BCUT2D eigenvalue weighted by Crippen LogP contribution is 2.31. The van der Waals surface area contributed by atoms with E-state index in [4.69, 9.17) is 4.74 Å². The van der Waals surface area contributed by atoms with Crippen molar-refractivity contribution in [3.8, 4) is 22.6 Å². The number of alkyl halides is 3. The average Bonchev–Trinajstić information content (AvgIpc) is 2.72. The van der Waals surface area contributed by atoms with Crippen molar-refractivity contribution >= 4 is 10.8 Å². The predicted octanol–water partition coefficient (Wildman–Crippen LogP) is 7.29. The van der Waals surface area contributed by atoms with Gasteiger partial charge in [-0.25, -0.2) is 0 Å². The van der Waals surface area contributed by atoms with Crippen molar-refractivity contribution in [2.24, 2.45) is 0 Å². The van der Waals surface area contributed by atoms with Gasteiger partial charge in [-0.05, 0) is 58.1 Å². The van der Waals surface area contributed by atoms with Crippen LogP contribution in [0.1, 0.15) is 11.1 Å². The van der Waals surface area contributed by atoms with Crippen LogP contribution in [0.3, 0.4) is 0 Å². The zero-order valence-electron chi connectivity index (χ0n) is 16.2. The topological polar surface area (TPSA) is 18.5 Å². The van der Waals surface area contributed by atoms with Crippen LogP contribution in [0.15, 0.2) is 84.9 Å². The van der Waals surface area contributed by atoms with Crippen LogP contribution in [-0.4, -0.2) is 6.36 Å². The lowest BCUT2D eigenvalue weighted by Crippen LogP contribution is -2.17. The third-order valence-corrected chi connectivity index (χ3v) is 4.85. The van der Waals surface area contributed by atoms with Crippen LogP contribution in [0.25, 0.3) is 21.9 Å². The van der Waals surface area contributed by atoms with E-state index in [1.807, 2.05) is 49.4 Å². The molecule has 152 valence electrons. The van der Waals surface area contributed by atoms with Crippen molar-refractivity contribution in [1.29, 1.82) is 0 Å². The molecule has 2 nitrogen and oxygen atoms in total. The minimum absolute atomic E-state index is 0.251. The highest BCUT2D eigenvalue weighted by molar-refractivity contribution is 5.85. The molecular weight excluding hydrogens is 389 g/mol. The van der Waals surface area contributed by atoms with Crippen molar-refractivity contribution in [2.45, 2.75) is 19.9 Å². The molecule has 0 saturated carbocycles. The Bertz CT molecular complexity index is 1180. The van der Waals surface area contributed by atoms with E-state index in [-0.39, 0.29) is 5.75 Å². The maximum absolute atomic E-state index is 12.5. The predicted molar refractivity (Wildman–Crippen MR) is 112 cm³/mol. The summed E-state index contributed by atoms with van der Waals surface area (Å²) in [5.41, 5.74) is 3.38. The van der Waals surface area contributed by atoms with Crippen molar-refractivity contribution in [2.75, 3.05) is 0 Å². The van der Waals surface area contributed by atoms with E-state index in [2.05, 4.69) is 22.9 Å². The molecule has 0 unspecified atom stereocenters. The van der Waals surface area contributed by atoms with Crippen LogP contribution in [0.5, 0.6) is 11.5 Å². The van der Waals surface area contributed by atoms with Gasteiger partial charge < -0.3 is 9.47 Å². The van der Waals surface area contributed by atoms with Crippen molar-refractivity contribution in [3.63, 3.8) is 0 Å². The Kier molecular flexibility index (Phi) is 5.36. The van der Waals surface area contributed by atoms with E-state index in [1.165, 1.54) is 18.2 Å². The van der Waals surface area contributed by atoms with Crippen LogP contribution in [0.4, 0.5) is 13.2 Å². The number of benzene rings is 4. The summed E-state index contributed by atoms with van der Waals surface area (Å²) in [6.45, 7) is 2.33. The van der Waals surface area contributed by atoms with E-state index < -0.39 is 6.36 Å². The molecular formula is C25H19F3O2. The van der Waals surface area contributed by atoms with Gasteiger partial charge in [0, 0.05) is 0 Å². The molecule has 0 aliphatic heterocycles. The number of rotatable bonds is 5. The van der Waals surface area contributed by atoms with Crippen molar-refractivity contribution in [3.05, 3.63) is 96.1 Å². The Balaban J connectivity index is 1.59. The quantitative estimate of drug-likeness (QED) is 0.345. The zero-order valence-corrected chi connectivity index (χ0v) is 16.2. The second kappa shape index (κ2) is 8.11. The Morgan fingerprint density at radius 3 is 2.33 bits per heavy atom. The lowest BCUT2D eigenvalue weighted by atomic mass is 10.0. The molecule has 0 N–H and O–H groups in total. The molecule has 0 aromatic heterocycles. The second-order valence-electron chi connectivity index (χ2n) is 6.98. The maximum Gasteiger partial charge on any atom is 0.573 e. The summed E-state index contributed by atoms with van der Waals surface area (Å²) in [5.74, 6) is 0.432. The normalized spacial score (nSPS) is 11.5. The van der Waals surface area contributed by atoms with Gasteiger partial charge in [0.2, 0.25) is 0 Å². The summed E-state index contributed by atoms with van der Waals surface area (Å²) >= 11 is 0. The molecule has 4 rings (SSSR count).